The van der Waals surface area contributed by atoms with Crippen LogP contribution in [0.3, 0.4) is 0 Å². The van der Waals surface area contributed by atoms with Crippen molar-refractivity contribution in [2.45, 2.75) is 6.42 Å². The van der Waals surface area contributed by atoms with Gasteiger partial charge in [-0.2, -0.15) is 0 Å². The lowest BCUT2D eigenvalue weighted by molar-refractivity contribution is -0.139. The van der Waals surface area contributed by atoms with Crippen molar-refractivity contribution in [2.75, 3.05) is 14.2 Å². The van der Waals surface area contributed by atoms with Crippen LogP contribution in [0.4, 0.5) is 8.78 Å². The SMILES string of the molecule is COC(=O)Cc1c(F)cc(F)cc1OC. The summed E-state index contributed by atoms with van der Waals surface area (Å²) < 4.78 is 35.2. The van der Waals surface area contributed by atoms with Crippen molar-refractivity contribution in [1.29, 1.82) is 0 Å². The number of ether oxygens (including phenoxy) is 2. The fraction of sp³-hybridized carbons (Fsp3) is 0.300. The lowest BCUT2D eigenvalue weighted by atomic mass is 10.1. The average molecular weight is 216 g/mol. The summed E-state index contributed by atoms with van der Waals surface area (Å²) in [5.74, 6) is -2.19. The molecule has 0 atom stereocenters. The molecule has 3 nitrogen and oxygen atoms in total. The summed E-state index contributed by atoms with van der Waals surface area (Å²) in [6.45, 7) is 0. The predicted molar refractivity (Wildman–Crippen MR) is 48.6 cm³/mol. The van der Waals surface area contributed by atoms with E-state index in [4.69, 9.17) is 4.74 Å². The van der Waals surface area contributed by atoms with E-state index in [0.29, 0.717) is 6.07 Å². The van der Waals surface area contributed by atoms with Crippen LogP contribution in [0.15, 0.2) is 12.1 Å². The van der Waals surface area contributed by atoms with E-state index in [-0.39, 0.29) is 17.7 Å². The van der Waals surface area contributed by atoms with Crippen LogP contribution < -0.4 is 4.74 Å². The largest absolute Gasteiger partial charge is 0.496 e. The Morgan fingerprint density at radius 2 is 2.00 bits per heavy atom. The first-order valence-corrected chi connectivity index (χ1v) is 4.17. The Bertz CT molecular complexity index is 377. The lowest BCUT2D eigenvalue weighted by Crippen LogP contribution is -2.08. The van der Waals surface area contributed by atoms with Gasteiger partial charge in [-0.15, -0.1) is 0 Å². The quantitative estimate of drug-likeness (QED) is 0.721. The minimum atomic E-state index is -0.822. The Morgan fingerprint density at radius 1 is 1.33 bits per heavy atom. The normalized spacial score (nSPS) is 9.87. The van der Waals surface area contributed by atoms with Crippen LogP contribution in [0.5, 0.6) is 5.75 Å². The summed E-state index contributed by atoms with van der Waals surface area (Å²) in [5.41, 5.74) is -0.00856. The summed E-state index contributed by atoms with van der Waals surface area (Å²) in [6.07, 6.45) is -0.286. The van der Waals surface area contributed by atoms with E-state index in [2.05, 4.69) is 4.74 Å². The Hall–Kier alpha value is -1.65. The van der Waals surface area contributed by atoms with Crippen molar-refractivity contribution in [3.8, 4) is 5.75 Å². The van der Waals surface area contributed by atoms with E-state index in [1.54, 1.807) is 0 Å². The van der Waals surface area contributed by atoms with Crippen molar-refractivity contribution in [3.05, 3.63) is 29.3 Å². The predicted octanol–water partition coefficient (Wildman–Crippen LogP) is 1.69. The Morgan fingerprint density at radius 3 is 2.53 bits per heavy atom. The zero-order chi connectivity index (χ0) is 11.4. The Balaban J connectivity index is 3.09. The molecule has 5 heteroatoms. The molecule has 1 aromatic carbocycles. The standard InChI is InChI=1S/C10H10F2O3/c1-14-9-4-6(11)3-8(12)7(9)5-10(13)15-2/h3-4H,5H2,1-2H3. The monoisotopic (exact) mass is 216 g/mol. The van der Waals surface area contributed by atoms with Crippen molar-refractivity contribution in [1.82, 2.24) is 0 Å². The molecule has 0 spiro atoms. The topological polar surface area (TPSA) is 35.5 Å². The molecule has 82 valence electrons. The van der Waals surface area contributed by atoms with Gasteiger partial charge in [0.25, 0.3) is 0 Å². The summed E-state index contributed by atoms with van der Waals surface area (Å²) in [7, 11) is 2.46. The molecule has 0 aliphatic heterocycles. The first kappa shape index (κ1) is 11.4. The van der Waals surface area contributed by atoms with Crippen molar-refractivity contribution < 1.29 is 23.0 Å². The second kappa shape index (κ2) is 4.72. The van der Waals surface area contributed by atoms with Crippen LogP contribution in [-0.2, 0) is 16.0 Å². The van der Waals surface area contributed by atoms with Gasteiger partial charge >= 0.3 is 5.97 Å². The molecule has 15 heavy (non-hydrogen) atoms. The maximum atomic E-state index is 13.3. The first-order valence-electron chi connectivity index (χ1n) is 4.17. The molecular weight excluding hydrogens is 206 g/mol. The second-order valence-electron chi connectivity index (χ2n) is 2.82. The molecule has 0 amide bonds. The van der Waals surface area contributed by atoms with Gasteiger partial charge in [0.05, 0.1) is 20.6 Å². The maximum absolute atomic E-state index is 13.3. The number of rotatable bonds is 3. The molecule has 0 aliphatic rings. The van der Waals surface area contributed by atoms with Gasteiger partial charge in [-0.1, -0.05) is 0 Å². The summed E-state index contributed by atoms with van der Waals surface area (Å²) >= 11 is 0. The maximum Gasteiger partial charge on any atom is 0.310 e. The van der Waals surface area contributed by atoms with Crippen molar-refractivity contribution >= 4 is 5.97 Å². The highest BCUT2D eigenvalue weighted by atomic mass is 19.1. The molecule has 0 N–H and O–H groups in total. The number of hydrogen-bond donors (Lipinski definition) is 0. The Kier molecular flexibility index (Phi) is 3.60. The smallest absolute Gasteiger partial charge is 0.310 e. The van der Waals surface area contributed by atoms with Gasteiger partial charge in [0.2, 0.25) is 0 Å². The fourth-order valence-electron chi connectivity index (χ4n) is 1.15. The summed E-state index contributed by atoms with van der Waals surface area (Å²) in [4.78, 5) is 10.9. The van der Waals surface area contributed by atoms with Gasteiger partial charge in [0.15, 0.2) is 0 Å². The van der Waals surface area contributed by atoms with E-state index < -0.39 is 17.6 Å². The minimum absolute atomic E-state index is 0.00194. The number of methoxy groups -OCH3 is 2. The van der Waals surface area contributed by atoms with Gasteiger partial charge in [0, 0.05) is 17.7 Å². The molecule has 0 aromatic heterocycles. The van der Waals surface area contributed by atoms with Crippen LogP contribution in [0.2, 0.25) is 0 Å². The fourth-order valence-corrected chi connectivity index (χ4v) is 1.15. The molecule has 0 saturated heterocycles. The highest BCUT2D eigenvalue weighted by Gasteiger charge is 2.15. The van der Waals surface area contributed by atoms with Gasteiger partial charge < -0.3 is 9.47 Å². The third-order valence-electron chi connectivity index (χ3n) is 1.89. The molecule has 1 aromatic rings. The van der Waals surface area contributed by atoms with Gasteiger partial charge in [-0.25, -0.2) is 8.78 Å². The van der Waals surface area contributed by atoms with Crippen LogP contribution in [0.1, 0.15) is 5.56 Å². The highest BCUT2D eigenvalue weighted by Crippen LogP contribution is 2.23. The van der Waals surface area contributed by atoms with Gasteiger partial charge in [0.1, 0.15) is 17.4 Å². The van der Waals surface area contributed by atoms with Gasteiger partial charge in [-0.05, 0) is 0 Å². The zero-order valence-corrected chi connectivity index (χ0v) is 8.34. The van der Waals surface area contributed by atoms with E-state index in [1.807, 2.05) is 0 Å². The van der Waals surface area contributed by atoms with Crippen molar-refractivity contribution in [2.24, 2.45) is 0 Å². The van der Waals surface area contributed by atoms with E-state index in [0.717, 1.165) is 6.07 Å². The van der Waals surface area contributed by atoms with E-state index in [1.165, 1.54) is 14.2 Å². The lowest BCUT2D eigenvalue weighted by Gasteiger charge is -2.08. The zero-order valence-electron chi connectivity index (χ0n) is 8.34. The highest BCUT2D eigenvalue weighted by molar-refractivity contribution is 5.73. The van der Waals surface area contributed by atoms with Crippen LogP contribution in [0, 0.1) is 11.6 Å². The van der Waals surface area contributed by atoms with Crippen LogP contribution >= 0.6 is 0 Å². The minimum Gasteiger partial charge on any atom is -0.496 e. The molecule has 0 aliphatic carbocycles. The number of benzene rings is 1. The number of esters is 1. The number of halogens is 2. The van der Waals surface area contributed by atoms with E-state index >= 15 is 0 Å². The summed E-state index contributed by atoms with van der Waals surface area (Å²) in [5, 5.41) is 0. The molecular formula is C10H10F2O3. The average Bonchev–Trinajstić information content (AvgIpc) is 2.21. The molecule has 0 bridgehead atoms. The second-order valence-corrected chi connectivity index (χ2v) is 2.82. The van der Waals surface area contributed by atoms with E-state index in [9.17, 15) is 13.6 Å². The third kappa shape index (κ3) is 2.65. The molecule has 1 rings (SSSR count). The molecule has 0 heterocycles. The van der Waals surface area contributed by atoms with Crippen molar-refractivity contribution in [3.63, 3.8) is 0 Å². The number of carbonyl (C=O) groups is 1. The number of carbonyl (C=O) groups excluding carboxylic acids is 1. The van der Waals surface area contributed by atoms with Crippen LogP contribution in [0.25, 0.3) is 0 Å². The Labute approximate surface area is 85.6 Å². The molecule has 0 unspecified atom stereocenters. The molecule has 0 fully saturated rings. The van der Waals surface area contributed by atoms with Gasteiger partial charge in [-0.3, -0.25) is 4.79 Å². The number of hydrogen-bond acceptors (Lipinski definition) is 3. The summed E-state index contributed by atoms with van der Waals surface area (Å²) in [6, 6.07) is 1.71. The molecule has 0 saturated carbocycles. The molecule has 0 radical (unpaired) electrons. The first-order chi connectivity index (χ1) is 7.08. The third-order valence-corrected chi connectivity index (χ3v) is 1.89. The van der Waals surface area contributed by atoms with Crippen LogP contribution in [-0.4, -0.2) is 20.2 Å².